The monoisotopic (exact) mass is 314 g/mol. The first-order chi connectivity index (χ1) is 9.11. The number of carbonyl (C=O) groups excluding carboxylic acids is 1. The van der Waals surface area contributed by atoms with Crippen LogP contribution in [0.1, 0.15) is 25.3 Å². The Morgan fingerprint density at radius 3 is 2.40 bits per heavy atom. The number of carbonyl (C=O) groups is 1. The first-order valence-corrected chi connectivity index (χ1v) is 7.27. The Labute approximate surface area is 130 Å². The smallest absolute Gasteiger partial charge is 0.223 e. The lowest BCUT2D eigenvalue weighted by Gasteiger charge is -2.33. The van der Waals surface area contributed by atoms with E-state index in [0.717, 1.165) is 31.0 Å². The van der Waals surface area contributed by atoms with Crippen molar-refractivity contribution in [3.63, 3.8) is 0 Å². The molecule has 2 fully saturated rings. The number of rotatable bonds is 4. The van der Waals surface area contributed by atoms with Crippen LogP contribution in [0, 0.1) is 11.8 Å². The summed E-state index contributed by atoms with van der Waals surface area (Å²) < 4.78 is 0. The highest BCUT2D eigenvalue weighted by molar-refractivity contribution is 6.30. The van der Waals surface area contributed by atoms with E-state index >= 15 is 0 Å². The van der Waals surface area contributed by atoms with Crippen molar-refractivity contribution in [1.29, 1.82) is 0 Å². The third-order valence-corrected chi connectivity index (χ3v) is 4.69. The van der Waals surface area contributed by atoms with Gasteiger partial charge in [-0.05, 0) is 49.5 Å². The van der Waals surface area contributed by atoms with Crippen molar-refractivity contribution in [2.75, 3.05) is 13.1 Å². The Bertz CT molecular complexity index is 481. The van der Waals surface area contributed by atoms with Crippen LogP contribution in [0.2, 0.25) is 5.02 Å². The third kappa shape index (κ3) is 2.95. The highest BCUT2D eigenvalue weighted by Crippen LogP contribution is 2.46. The van der Waals surface area contributed by atoms with Crippen LogP contribution in [0.3, 0.4) is 0 Å². The van der Waals surface area contributed by atoms with E-state index in [4.69, 9.17) is 11.6 Å². The molecule has 110 valence electrons. The topological polar surface area (TPSA) is 41.1 Å². The summed E-state index contributed by atoms with van der Waals surface area (Å²) in [5, 5.41) is 7.20. The number of nitrogens with one attached hydrogen (secondary N) is 2. The number of hydrogen-bond donors (Lipinski definition) is 2. The molecule has 0 aromatic heterocycles. The largest absolute Gasteiger partial charge is 0.346 e. The Hall–Kier alpha value is -0.770. The van der Waals surface area contributed by atoms with E-state index in [0.29, 0.717) is 5.92 Å². The van der Waals surface area contributed by atoms with Crippen molar-refractivity contribution in [1.82, 2.24) is 10.6 Å². The summed E-state index contributed by atoms with van der Waals surface area (Å²) in [4.78, 5) is 12.3. The molecule has 1 unspecified atom stereocenters. The van der Waals surface area contributed by atoms with Gasteiger partial charge in [-0.2, -0.15) is 0 Å². The molecule has 1 amide bonds. The second kappa shape index (κ2) is 5.92. The summed E-state index contributed by atoms with van der Waals surface area (Å²) in [6.07, 6.45) is 2.05. The summed E-state index contributed by atoms with van der Waals surface area (Å²) in [5.41, 5.74) is 1.04. The van der Waals surface area contributed by atoms with Crippen LogP contribution in [-0.2, 0) is 10.3 Å². The van der Waals surface area contributed by atoms with Gasteiger partial charge in [0.2, 0.25) is 5.91 Å². The Kier molecular flexibility index (Phi) is 4.62. The standard InChI is InChI=1S/C15H19ClN2O.ClH/c1-10(11-8-17-9-11)14(19)18-15(6-7-15)12-2-4-13(16)5-3-12;/h2-5,10-11,17H,6-9H2,1H3,(H,18,19);1H. The van der Waals surface area contributed by atoms with Gasteiger partial charge in [0.25, 0.3) is 0 Å². The summed E-state index contributed by atoms with van der Waals surface area (Å²) in [5.74, 6) is 0.756. The van der Waals surface area contributed by atoms with Crippen LogP contribution in [0.25, 0.3) is 0 Å². The van der Waals surface area contributed by atoms with Gasteiger partial charge in [0.1, 0.15) is 0 Å². The Morgan fingerprint density at radius 1 is 1.35 bits per heavy atom. The molecule has 1 saturated carbocycles. The molecular formula is C15H20Cl2N2O. The van der Waals surface area contributed by atoms with E-state index in [9.17, 15) is 4.79 Å². The molecule has 2 aliphatic rings. The van der Waals surface area contributed by atoms with Gasteiger partial charge >= 0.3 is 0 Å². The summed E-state index contributed by atoms with van der Waals surface area (Å²) >= 11 is 5.91. The molecule has 0 bridgehead atoms. The molecular weight excluding hydrogens is 295 g/mol. The van der Waals surface area contributed by atoms with E-state index in [-0.39, 0.29) is 29.8 Å². The van der Waals surface area contributed by atoms with E-state index in [1.165, 1.54) is 5.56 Å². The lowest BCUT2D eigenvalue weighted by Crippen LogP contribution is -2.51. The van der Waals surface area contributed by atoms with Crippen molar-refractivity contribution < 1.29 is 4.79 Å². The minimum Gasteiger partial charge on any atom is -0.346 e. The maximum absolute atomic E-state index is 12.3. The molecule has 1 atom stereocenters. The summed E-state index contributed by atoms with van der Waals surface area (Å²) in [7, 11) is 0. The number of amides is 1. The summed E-state index contributed by atoms with van der Waals surface area (Å²) in [6.45, 7) is 3.95. The molecule has 0 radical (unpaired) electrons. The zero-order valence-corrected chi connectivity index (χ0v) is 13.1. The van der Waals surface area contributed by atoms with E-state index in [2.05, 4.69) is 10.6 Å². The molecule has 3 nitrogen and oxygen atoms in total. The fourth-order valence-electron chi connectivity index (χ4n) is 2.61. The van der Waals surface area contributed by atoms with Crippen molar-refractivity contribution >= 4 is 29.9 Å². The highest BCUT2D eigenvalue weighted by Gasteiger charge is 2.46. The molecule has 3 rings (SSSR count). The second-order valence-electron chi connectivity index (χ2n) is 5.79. The van der Waals surface area contributed by atoms with Gasteiger partial charge in [-0.25, -0.2) is 0 Å². The fraction of sp³-hybridized carbons (Fsp3) is 0.533. The van der Waals surface area contributed by atoms with Gasteiger partial charge in [-0.3, -0.25) is 4.79 Å². The van der Waals surface area contributed by atoms with Gasteiger partial charge in [-0.15, -0.1) is 12.4 Å². The van der Waals surface area contributed by atoms with E-state index in [1.807, 2.05) is 31.2 Å². The lowest BCUT2D eigenvalue weighted by atomic mass is 9.88. The van der Waals surface area contributed by atoms with Crippen LogP contribution in [0.5, 0.6) is 0 Å². The first-order valence-electron chi connectivity index (χ1n) is 6.89. The number of halogens is 2. The number of benzene rings is 1. The molecule has 1 aromatic rings. The zero-order chi connectivity index (χ0) is 13.5. The SMILES string of the molecule is CC(C(=O)NC1(c2ccc(Cl)cc2)CC1)C1CNC1.Cl. The van der Waals surface area contributed by atoms with Crippen LogP contribution in [-0.4, -0.2) is 19.0 Å². The molecule has 1 aliphatic heterocycles. The predicted molar refractivity (Wildman–Crippen MR) is 83.3 cm³/mol. The van der Waals surface area contributed by atoms with Crippen molar-refractivity contribution in [3.05, 3.63) is 34.9 Å². The van der Waals surface area contributed by atoms with Crippen LogP contribution >= 0.6 is 24.0 Å². The van der Waals surface area contributed by atoms with Gasteiger partial charge in [-0.1, -0.05) is 30.7 Å². The summed E-state index contributed by atoms with van der Waals surface area (Å²) in [6, 6.07) is 7.82. The van der Waals surface area contributed by atoms with E-state index in [1.54, 1.807) is 0 Å². The number of hydrogen-bond acceptors (Lipinski definition) is 2. The second-order valence-corrected chi connectivity index (χ2v) is 6.22. The minimum atomic E-state index is -0.132. The average molecular weight is 315 g/mol. The first kappa shape index (κ1) is 15.6. The predicted octanol–water partition coefficient (Wildman–Crippen LogP) is 2.72. The van der Waals surface area contributed by atoms with Crippen molar-refractivity contribution in [2.24, 2.45) is 11.8 Å². The molecule has 5 heteroatoms. The quantitative estimate of drug-likeness (QED) is 0.897. The molecule has 1 saturated heterocycles. The van der Waals surface area contributed by atoms with Crippen LogP contribution in [0.15, 0.2) is 24.3 Å². The minimum absolute atomic E-state index is 0. The molecule has 1 heterocycles. The maximum atomic E-state index is 12.3. The Balaban J connectivity index is 0.00000147. The highest BCUT2D eigenvalue weighted by atomic mass is 35.5. The average Bonchev–Trinajstić information content (AvgIpc) is 3.08. The van der Waals surface area contributed by atoms with Crippen molar-refractivity contribution in [2.45, 2.75) is 25.3 Å². The molecule has 1 aromatic carbocycles. The molecule has 2 N–H and O–H groups in total. The van der Waals surface area contributed by atoms with Crippen LogP contribution in [0.4, 0.5) is 0 Å². The normalized spacial score (nSPS) is 21.3. The lowest BCUT2D eigenvalue weighted by molar-refractivity contribution is -0.127. The molecule has 1 aliphatic carbocycles. The molecule has 0 spiro atoms. The maximum Gasteiger partial charge on any atom is 0.223 e. The Morgan fingerprint density at radius 2 is 1.95 bits per heavy atom. The van der Waals surface area contributed by atoms with Gasteiger partial charge in [0.15, 0.2) is 0 Å². The third-order valence-electron chi connectivity index (χ3n) is 4.44. The van der Waals surface area contributed by atoms with Gasteiger partial charge in [0.05, 0.1) is 5.54 Å². The van der Waals surface area contributed by atoms with E-state index < -0.39 is 0 Å². The van der Waals surface area contributed by atoms with Crippen LogP contribution < -0.4 is 10.6 Å². The van der Waals surface area contributed by atoms with Gasteiger partial charge in [0, 0.05) is 10.9 Å². The van der Waals surface area contributed by atoms with Gasteiger partial charge < -0.3 is 10.6 Å². The zero-order valence-electron chi connectivity index (χ0n) is 11.5. The fourth-order valence-corrected chi connectivity index (χ4v) is 2.73. The van der Waals surface area contributed by atoms with Crippen molar-refractivity contribution in [3.8, 4) is 0 Å². The molecule has 20 heavy (non-hydrogen) atoms.